The van der Waals surface area contributed by atoms with Gasteiger partial charge in [0.05, 0.1) is 0 Å². The van der Waals surface area contributed by atoms with Gasteiger partial charge in [-0.2, -0.15) is 0 Å². The number of likely N-dealkylation sites (tertiary alicyclic amines) is 1. The molecule has 92 valence electrons. The predicted octanol–water partition coefficient (Wildman–Crippen LogP) is 3.83. The van der Waals surface area contributed by atoms with Gasteiger partial charge in [0.2, 0.25) is 0 Å². The molecule has 0 N–H and O–H groups in total. The molecule has 1 aliphatic heterocycles. The summed E-state index contributed by atoms with van der Waals surface area (Å²) in [6.45, 7) is 2.83. The zero-order valence-corrected chi connectivity index (χ0v) is 10.7. The van der Waals surface area contributed by atoms with Crippen LogP contribution < -0.4 is 0 Å². The number of hydrogen-bond donors (Lipinski definition) is 0. The number of piperidine rings is 1. The fourth-order valence-electron chi connectivity index (χ4n) is 3.75. The molecular formula is C15H27N. The number of hydrogen-bond acceptors (Lipinski definition) is 1. The molecule has 0 amide bonds. The topological polar surface area (TPSA) is 3.24 Å². The molecule has 0 radical (unpaired) electrons. The highest BCUT2D eigenvalue weighted by Gasteiger charge is 2.28. The quantitative estimate of drug-likeness (QED) is 0.697. The Morgan fingerprint density at radius 3 is 1.81 bits per heavy atom. The maximum Gasteiger partial charge on any atom is 0.00952 e. The number of nitrogens with zero attached hydrogens (tertiary/aromatic N) is 1. The van der Waals surface area contributed by atoms with Gasteiger partial charge in [0.25, 0.3) is 0 Å². The Bertz CT molecular complexity index is 207. The first-order valence-corrected chi connectivity index (χ1v) is 7.66. The van der Waals surface area contributed by atoms with E-state index >= 15 is 0 Å². The van der Waals surface area contributed by atoms with Crippen molar-refractivity contribution in [3.8, 4) is 0 Å². The molecule has 1 nitrogen and oxygen atoms in total. The molecule has 0 spiro atoms. The Hall–Kier alpha value is -0.0400. The van der Waals surface area contributed by atoms with Gasteiger partial charge in [0.1, 0.15) is 0 Å². The molecule has 3 aliphatic rings. The molecule has 0 unspecified atom stereocenters. The van der Waals surface area contributed by atoms with Crippen LogP contribution in [0.2, 0.25) is 0 Å². The molecule has 0 atom stereocenters. The van der Waals surface area contributed by atoms with Gasteiger partial charge in [-0.05, 0) is 50.6 Å². The van der Waals surface area contributed by atoms with Crippen LogP contribution >= 0.6 is 0 Å². The monoisotopic (exact) mass is 221 g/mol. The van der Waals surface area contributed by atoms with Crippen LogP contribution in [0.4, 0.5) is 0 Å². The molecule has 16 heavy (non-hydrogen) atoms. The summed E-state index contributed by atoms with van der Waals surface area (Å²) < 4.78 is 0. The van der Waals surface area contributed by atoms with Crippen molar-refractivity contribution in [2.45, 2.75) is 70.3 Å². The van der Waals surface area contributed by atoms with Gasteiger partial charge >= 0.3 is 0 Å². The molecule has 2 aliphatic carbocycles. The van der Waals surface area contributed by atoms with Crippen LogP contribution in [0.25, 0.3) is 0 Å². The van der Waals surface area contributed by atoms with Gasteiger partial charge in [-0.1, -0.05) is 38.5 Å². The van der Waals surface area contributed by atoms with Crippen molar-refractivity contribution < 1.29 is 0 Å². The normalized spacial score (nSPS) is 30.0. The first kappa shape index (κ1) is 11.1. The summed E-state index contributed by atoms with van der Waals surface area (Å²) in [5.74, 6) is 2.23. The Morgan fingerprint density at radius 1 is 0.688 bits per heavy atom. The molecular weight excluding hydrogens is 194 g/mol. The van der Waals surface area contributed by atoms with Gasteiger partial charge in [-0.15, -0.1) is 0 Å². The average Bonchev–Trinajstić information content (AvgIpc) is 3.00. The van der Waals surface area contributed by atoms with Crippen molar-refractivity contribution in [3.63, 3.8) is 0 Å². The van der Waals surface area contributed by atoms with E-state index in [1.54, 1.807) is 25.7 Å². The van der Waals surface area contributed by atoms with Crippen molar-refractivity contribution in [2.75, 3.05) is 13.1 Å². The molecule has 0 bridgehead atoms. The lowest BCUT2D eigenvalue weighted by Gasteiger charge is -2.36. The zero-order valence-electron chi connectivity index (χ0n) is 10.7. The molecule has 1 heterocycles. The van der Waals surface area contributed by atoms with Crippen LogP contribution in [0, 0.1) is 11.8 Å². The van der Waals surface area contributed by atoms with Gasteiger partial charge in [0, 0.05) is 6.04 Å². The molecule has 3 rings (SSSR count). The highest BCUT2D eigenvalue weighted by Crippen LogP contribution is 2.37. The molecule has 0 aromatic rings. The van der Waals surface area contributed by atoms with E-state index in [1.807, 2.05) is 0 Å². The van der Waals surface area contributed by atoms with E-state index in [9.17, 15) is 0 Å². The van der Waals surface area contributed by atoms with Crippen LogP contribution in [0.1, 0.15) is 64.2 Å². The van der Waals surface area contributed by atoms with Crippen LogP contribution in [0.3, 0.4) is 0 Å². The second-order valence-electron chi connectivity index (χ2n) is 6.44. The van der Waals surface area contributed by atoms with Crippen LogP contribution in [0.15, 0.2) is 0 Å². The maximum absolute atomic E-state index is 2.81. The lowest BCUT2D eigenvalue weighted by molar-refractivity contribution is 0.129. The molecule has 2 saturated carbocycles. The van der Waals surface area contributed by atoms with E-state index < -0.39 is 0 Å². The lowest BCUT2D eigenvalue weighted by atomic mass is 9.90. The van der Waals surface area contributed by atoms with E-state index in [2.05, 4.69) is 4.90 Å². The van der Waals surface area contributed by atoms with Crippen LogP contribution in [-0.4, -0.2) is 24.0 Å². The first-order valence-electron chi connectivity index (χ1n) is 7.66. The van der Waals surface area contributed by atoms with Gasteiger partial charge < -0.3 is 4.90 Å². The summed E-state index contributed by atoms with van der Waals surface area (Å²) in [4.78, 5) is 2.81. The minimum atomic E-state index is 0.976. The van der Waals surface area contributed by atoms with Crippen molar-refractivity contribution in [2.24, 2.45) is 11.8 Å². The molecule has 1 saturated heterocycles. The minimum Gasteiger partial charge on any atom is -0.300 e. The van der Waals surface area contributed by atoms with Crippen LogP contribution in [-0.2, 0) is 0 Å². The van der Waals surface area contributed by atoms with Crippen molar-refractivity contribution in [3.05, 3.63) is 0 Å². The average molecular weight is 221 g/mol. The van der Waals surface area contributed by atoms with E-state index in [4.69, 9.17) is 0 Å². The molecule has 1 heteroatoms. The maximum atomic E-state index is 2.81. The lowest BCUT2D eigenvalue weighted by Crippen LogP contribution is -2.40. The van der Waals surface area contributed by atoms with Gasteiger partial charge in [-0.25, -0.2) is 0 Å². The summed E-state index contributed by atoms with van der Waals surface area (Å²) >= 11 is 0. The summed E-state index contributed by atoms with van der Waals surface area (Å²) in [5.41, 5.74) is 0. The Kier molecular flexibility index (Phi) is 3.51. The van der Waals surface area contributed by atoms with Crippen LogP contribution in [0.5, 0.6) is 0 Å². The van der Waals surface area contributed by atoms with E-state index in [0.717, 1.165) is 17.9 Å². The summed E-state index contributed by atoms with van der Waals surface area (Å²) in [6.07, 6.45) is 15.2. The Morgan fingerprint density at radius 2 is 1.25 bits per heavy atom. The zero-order chi connectivity index (χ0) is 10.8. The largest absolute Gasteiger partial charge is 0.300 e. The predicted molar refractivity (Wildman–Crippen MR) is 68.5 cm³/mol. The molecule has 0 aromatic carbocycles. The first-order chi connectivity index (χ1) is 7.92. The smallest absolute Gasteiger partial charge is 0.00952 e. The standard InChI is InChI=1S/C15H27N/c1-2-4-15(3-1)16-11-9-14(10-12-16)8-7-13-5-6-13/h13-15H,1-12H2. The fraction of sp³-hybridized carbons (Fsp3) is 1.00. The molecule has 0 aromatic heterocycles. The summed E-state index contributed by atoms with van der Waals surface area (Å²) in [6, 6.07) is 0.976. The third-order valence-corrected chi connectivity index (χ3v) is 5.17. The van der Waals surface area contributed by atoms with E-state index in [1.165, 1.54) is 51.6 Å². The third kappa shape index (κ3) is 2.80. The third-order valence-electron chi connectivity index (χ3n) is 5.17. The minimum absolute atomic E-state index is 0.976. The van der Waals surface area contributed by atoms with Crippen molar-refractivity contribution >= 4 is 0 Å². The SMILES string of the molecule is C1CCC(N2CCC(CCC3CC3)CC2)C1. The van der Waals surface area contributed by atoms with Crippen molar-refractivity contribution in [1.82, 2.24) is 4.90 Å². The van der Waals surface area contributed by atoms with Crippen molar-refractivity contribution in [1.29, 1.82) is 0 Å². The second-order valence-corrected chi connectivity index (χ2v) is 6.44. The summed E-state index contributed by atoms with van der Waals surface area (Å²) in [7, 11) is 0. The summed E-state index contributed by atoms with van der Waals surface area (Å²) in [5, 5.41) is 0. The van der Waals surface area contributed by atoms with Gasteiger partial charge in [-0.3, -0.25) is 0 Å². The Balaban J connectivity index is 1.37. The highest BCUT2D eigenvalue weighted by molar-refractivity contribution is 4.83. The van der Waals surface area contributed by atoms with Gasteiger partial charge in [0.15, 0.2) is 0 Å². The second kappa shape index (κ2) is 5.08. The van der Waals surface area contributed by atoms with E-state index in [-0.39, 0.29) is 0 Å². The Labute approximate surface area is 101 Å². The fourth-order valence-corrected chi connectivity index (χ4v) is 3.75. The highest BCUT2D eigenvalue weighted by atomic mass is 15.2. The molecule has 3 fully saturated rings. The van der Waals surface area contributed by atoms with E-state index in [0.29, 0.717) is 0 Å². The number of rotatable bonds is 4.